The number of benzene rings is 2. The number of aryl methyl sites for hydroxylation is 2. The van der Waals surface area contributed by atoms with Gasteiger partial charge in [-0.25, -0.2) is 4.39 Å². The quantitative estimate of drug-likeness (QED) is 0.805. The maximum absolute atomic E-state index is 12.9. The van der Waals surface area contributed by atoms with Gasteiger partial charge in [0.15, 0.2) is 5.78 Å². The van der Waals surface area contributed by atoms with E-state index in [1.807, 2.05) is 26.0 Å². The third kappa shape index (κ3) is 3.45. The van der Waals surface area contributed by atoms with Gasteiger partial charge in [-0.15, -0.1) is 0 Å². The molecule has 0 bridgehead atoms. The Bertz CT molecular complexity index is 692. The Hall–Kier alpha value is -1.81. The summed E-state index contributed by atoms with van der Waals surface area (Å²) in [5, 5.41) is -0.670. The van der Waals surface area contributed by atoms with Crippen molar-refractivity contribution < 1.29 is 13.4 Å². The highest BCUT2D eigenvalue weighted by atomic mass is 32.2. The Balaban J connectivity index is 2.26. The lowest BCUT2D eigenvalue weighted by atomic mass is 10.1. The van der Waals surface area contributed by atoms with Crippen LogP contribution in [0.3, 0.4) is 0 Å². The van der Waals surface area contributed by atoms with Crippen molar-refractivity contribution in [3.05, 3.63) is 65.0 Å². The molecule has 0 aliphatic heterocycles. The molecule has 0 radical (unpaired) electrons. The summed E-state index contributed by atoms with van der Waals surface area (Å²) in [6.07, 6.45) is 0. The SMILES string of the molecule is Cc1ccc(S(=O)C(C)C(=O)c2ccc(F)cc2)c(C)c1. The van der Waals surface area contributed by atoms with Crippen molar-refractivity contribution in [2.45, 2.75) is 30.9 Å². The molecule has 21 heavy (non-hydrogen) atoms. The first-order valence-electron chi connectivity index (χ1n) is 6.68. The summed E-state index contributed by atoms with van der Waals surface area (Å²) in [6.45, 7) is 5.49. The summed E-state index contributed by atoms with van der Waals surface area (Å²) in [5.41, 5.74) is 2.37. The average molecular weight is 304 g/mol. The number of carbonyl (C=O) groups excluding carboxylic acids is 1. The number of hydrogen-bond donors (Lipinski definition) is 0. The van der Waals surface area contributed by atoms with Gasteiger partial charge in [0.2, 0.25) is 0 Å². The van der Waals surface area contributed by atoms with E-state index in [0.717, 1.165) is 11.1 Å². The maximum Gasteiger partial charge on any atom is 0.178 e. The zero-order chi connectivity index (χ0) is 15.6. The maximum atomic E-state index is 12.9. The zero-order valence-corrected chi connectivity index (χ0v) is 13.0. The topological polar surface area (TPSA) is 34.1 Å². The Morgan fingerprint density at radius 1 is 1.10 bits per heavy atom. The van der Waals surface area contributed by atoms with Crippen LogP contribution >= 0.6 is 0 Å². The summed E-state index contributed by atoms with van der Waals surface area (Å²) in [7, 11) is -1.43. The Morgan fingerprint density at radius 2 is 1.71 bits per heavy atom. The van der Waals surface area contributed by atoms with Crippen LogP contribution in [0.1, 0.15) is 28.4 Å². The molecule has 2 rings (SSSR count). The molecule has 0 saturated carbocycles. The molecule has 0 heterocycles. The van der Waals surface area contributed by atoms with Crippen molar-refractivity contribution in [3.63, 3.8) is 0 Å². The molecule has 0 saturated heterocycles. The van der Waals surface area contributed by atoms with Crippen LogP contribution in [0.2, 0.25) is 0 Å². The second-order valence-corrected chi connectivity index (χ2v) is 6.82. The predicted octanol–water partition coefficient (Wildman–Crippen LogP) is 3.82. The van der Waals surface area contributed by atoms with Gasteiger partial charge < -0.3 is 0 Å². The molecule has 0 amide bonds. The number of rotatable bonds is 4. The number of hydrogen-bond acceptors (Lipinski definition) is 2. The van der Waals surface area contributed by atoms with E-state index in [0.29, 0.717) is 10.5 Å². The Morgan fingerprint density at radius 3 is 2.29 bits per heavy atom. The molecule has 0 fully saturated rings. The number of halogens is 1. The lowest BCUT2D eigenvalue weighted by molar-refractivity contribution is 0.0992. The van der Waals surface area contributed by atoms with E-state index in [4.69, 9.17) is 0 Å². The molecule has 0 aliphatic carbocycles. The summed E-state index contributed by atoms with van der Waals surface area (Å²) in [6, 6.07) is 11.0. The number of ketones is 1. The van der Waals surface area contributed by atoms with E-state index in [1.165, 1.54) is 24.3 Å². The largest absolute Gasteiger partial charge is 0.293 e. The second kappa shape index (κ2) is 6.31. The highest BCUT2D eigenvalue weighted by Gasteiger charge is 2.23. The van der Waals surface area contributed by atoms with Crippen molar-refractivity contribution in [2.24, 2.45) is 0 Å². The summed E-state index contributed by atoms with van der Waals surface area (Å²) < 4.78 is 25.5. The molecule has 2 nitrogen and oxygen atoms in total. The first-order chi connectivity index (χ1) is 9.90. The highest BCUT2D eigenvalue weighted by Crippen LogP contribution is 2.20. The predicted molar refractivity (Wildman–Crippen MR) is 82.5 cm³/mol. The van der Waals surface area contributed by atoms with Gasteiger partial charge in [-0.3, -0.25) is 9.00 Å². The van der Waals surface area contributed by atoms with Crippen molar-refractivity contribution in [1.29, 1.82) is 0 Å². The van der Waals surface area contributed by atoms with Gasteiger partial charge >= 0.3 is 0 Å². The standard InChI is InChI=1S/C17H17FO2S/c1-11-4-9-16(12(2)10-11)21(20)13(3)17(19)14-5-7-15(18)8-6-14/h4-10,13H,1-3H3. The number of carbonyl (C=O) groups is 1. The monoisotopic (exact) mass is 304 g/mol. The van der Waals surface area contributed by atoms with Crippen LogP contribution in [0, 0.1) is 19.7 Å². The van der Waals surface area contributed by atoms with E-state index in [1.54, 1.807) is 13.0 Å². The van der Waals surface area contributed by atoms with Crippen LogP contribution in [-0.4, -0.2) is 15.2 Å². The molecule has 0 N–H and O–H groups in total. The van der Waals surface area contributed by atoms with E-state index >= 15 is 0 Å². The molecule has 2 atom stereocenters. The third-order valence-corrected chi connectivity index (χ3v) is 5.11. The van der Waals surface area contributed by atoms with Crippen LogP contribution < -0.4 is 0 Å². The molecule has 2 aromatic carbocycles. The van der Waals surface area contributed by atoms with E-state index in [9.17, 15) is 13.4 Å². The third-order valence-electron chi connectivity index (χ3n) is 3.37. The fourth-order valence-electron chi connectivity index (χ4n) is 2.16. The lowest BCUT2D eigenvalue weighted by Gasteiger charge is -2.13. The Labute approximate surface area is 126 Å². The molecule has 0 spiro atoms. The van der Waals surface area contributed by atoms with Crippen LogP contribution in [0.15, 0.2) is 47.4 Å². The van der Waals surface area contributed by atoms with Gasteiger partial charge in [-0.1, -0.05) is 17.7 Å². The van der Waals surface area contributed by atoms with Crippen LogP contribution in [0.25, 0.3) is 0 Å². The minimum atomic E-state index is -1.43. The molecule has 2 unspecified atom stereocenters. The van der Waals surface area contributed by atoms with Crippen LogP contribution in [0.4, 0.5) is 4.39 Å². The summed E-state index contributed by atoms with van der Waals surface area (Å²) in [5.74, 6) is -0.636. The minimum Gasteiger partial charge on any atom is -0.293 e. The summed E-state index contributed by atoms with van der Waals surface area (Å²) >= 11 is 0. The second-order valence-electron chi connectivity index (χ2n) is 5.08. The van der Waals surface area contributed by atoms with Crippen molar-refractivity contribution in [2.75, 3.05) is 0 Å². The number of Topliss-reactive ketones (excluding diaryl/α,β-unsaturated/α-hetero) is 1. The van der Waals surface area contributed by atoms with Crippen LogP contribution in [-0.2, 0) is 10.8 Å². The van der Waals surface area contributed by atoms with Crippen molar-refractivity contribution >= 4 is 16.6 Å². The minimum absolute atomic E-state index is 0.242. The Kier molecular flexibility index (Phi) is 4.68. The van der Waals surface area contributed by atoms with E-state index in [2.05, 4.69) is 0 Å². The van der Waals surface area contributed by atoms with Gasteiger partial charge in [0.05, 0.1) is 16.0 Å². The normalized spacial score (nSPS) is 13.7. The average Bonchev–Trinajstić information content (AvgIpc) is 2.46. The first kappa shape index (κ1) is 15.6. The zero-order valence-electron chi connectivity index (χ0n) is 12.2. The summed E-state index contributed by atoms with van der Waals surface area (Å²) in [4.78, 5) is 13.0. The van der Waals surface area contributed by atoms with Crippen molar-refractivity contribution in [3.8, 4) is 0 Å². The van der Waals surface area contributed by atoms with E-state index in [-0.39, 0.29) is 5.78 Å². The molecular formula is C17H17FO2S. The molecule has 0 aromatic heterocycles. The van der Waals surface area contributed by atoms with Gasteiger partial charge in [-0.05, 0) is 56.7 Å². The van der Waals surface area contributed by atoms with Crippen molar-refractivity contribution in [1.82, 2.24) is 0 Å². The fraction of sp³-hybridized carbons (Fsp3) is 0.235. The van der Waals surface area contributed by atoms with Gasteiger partial charge in [0.25, 0.3) is 0 Å². The lowest BCUT2D eigenvalue weighted by Crippen LogP contribution is -2.23. The van der Waals surface area contributed by atoms with Gasteiger partial charge in [-0.2, -0.15) is 0 Å². The fourth-order valence-corrected chi connectivity index (χ4v) is 3.45. The first-order valence-corrected chi connectivity index (χ1v) is 7.89. The molecular weight excluding hydrogens is 287 g/mol. The highest BCUT2D eigenvalue weighted by molar-refractivity contribution is 7.86. The smallest absolute Gasteiger partial charge is 0.178 e. The molecule has 0 aliphatic rings. The van der Waals surface area contributed by atoms with Gasteiger partial charge in [0, 0.05) is 10.5 Å². The van der Waals surface area contributed by atoms with Crippen LogP contribution in [0.5, 0.6) is 0 Å². The molecule has 2 aromatic rings. The van der Waals surface area contributed by atoms with Gasteiger partial charge in [0.1, 0.15) is 5.82 Å². The molecule has 110 valence electrons. The molecule has 4 heteroatoms. The van der Waals surface area contributed by atoms with E-state index < -0.39 is 21.9 Å².